The lowest BCUT2D eigenvalue weighted by molar-refractivity contribution is 0.169. The van der Waals surface area contributed by atoms with Crippen LogP contribution in [0.2, 0.25) is 0 Å². The van der Waals surface area contributed by atoms with Crippen LogP contribution in [0.15, 0.2) is 0 Å². The van der Waals surface area contributed by atoms with Crippen LogP contribution in [0.25, 0.3) is 0 Å². The van der Waals surface area contributed by atoms with Crippen LogP contribution < -0.4 is 0 Å². The zero-order valence-corrected chi connectivity index (χ0v) is 9.10. The zero-order valence-electron chi connectivity index (χ0n) is 9.10. The fourth-order valence-electron chi connectivity index (χ4n) is 2.28. The molecular formula is C12H24N. The van der Waals surface area contributed by atoms with Crippen molar-refractivity contribution in [2.24, 2.45) is 0 Å². The maximum absolute atomic E-state index is 4.04. The third kappa shape index (κ3) is 3.68. The topological polar surface area (TPSA) is 3.24 Å². The van der Waals surface area contributed by atoms with Gasteiger partial charge in [0.2, 0.25) is 0 Å². The summed E-state index contributed by atoms with van der Waals surface area (Å²) in [7, 11) is 0. The molecule has 0 aliphatic heterocycles. The van der Waals surface area contributed by atoms with Gasteiger partial charge in [-0.3, -0.25) is 0 Å². The first kappa shape index (κ1) is 11.0. The van der Waals surface area contributed by atoms with Crippen molar-refractivity contribution in [3.63, 3.8) is 0 Å². The van der Waals surface area contributed by atoms with Crippen molar-refractivity contribution in [2.75, 3.05) is 13.1 Å². The van der Waals surface area contributed by atoms with Crippen LogP contribution in [-0.2, 0) is 0 Å². The van der Waals surface area contributed by atoms with Crippen molar-refractivity contribution in [1.29, 1.82) is 0 Å². The molecule has 0 spiro atoms. The highest BCUT2D eigenvalue weighted by atomic mass is 15.1. The minimum Gasteiger partial charge on any atom is -0.300 e. The Bertz CT molecular complexity index is 116. The van der Waals surface area contributed by atoms with Crippen LogP contribution in [0.1, 0.15) is 51.9 Å². The van der Waals surface area contributed by atoms with E-state index in [1.165, 1.54) is 51.5 Å². The molecule has 0 bridgehead atoms. The van der Waals surface area contributed by atoms with E-state index in [0.29, 0.717) is 0 Å². The van der Waals surface area contributed by atoms with E-state index in [-0.39, 0.29) is 0 Å². The summed E-state index contributed by atoms with van der Waals surface area (Å²) in [6, 6.07) is 0.859. The van der Waals surface area contributed by atoms with Gasteiger partial charge in [0.15, 0.2) is 0 Å². The quantitative estimate of drug-likeness (QED) is 0.631. The van der Waals surface area contributed by atoms with Gasteiger partial charge in [0, 0.05) is 6.04 Å². The maximum Gasteiger partial charge on any atom is 0.00952 e. The Morgan fingerprint density at radius 3 is 2.46 bits per heavy atom. The monoisotopic (exact) mass is 182 g/mol. The van der Waals surface area contributed by atoms with Crippen LogP contribution in [0, 0.1) is 6.92 Å². The lowest BCUT2D eigenvalue weighted by Gasteiger charge is -2.33. The van der Waals surface area contributed by atoms with Crippen LogP contribution >= 0.6 is 0 Å². The second-order valence-corrected chi connectivity index (χ2v) is 4.18. The Hall–Kier alpha value is -0.0400. The molecule has 1 saturated carbocycles. The van der Waals surface area contributed by atoms with Gasteiger partial charge in [0.05, 0.1) is 0 Å². The molecule has 1 aliphatic rings. The number of rotatable bonds is 5. The van der Waals surface area contributed by atoms with Gasteiger partial charge in [0.1, 0.15) is 0 Å². The van der Waals surface area contributed by atoms with Gasteiger partial charge < -0.3 is 4.90 Å². The number of nitrogens with zero attached hydrogens (tertiary/aromatic N) is 1. The summed E-state index contributed by atoms with van der Waals surface area (Å²) < 4.78 is 0. The highest BCUT2D eigenvalue weighted by Crippen LogP contribution is 2.22. The van der Waals surface area contributed by atoms with E-state index in [1.54, 1.807) is 0 Å². The zero-order chi connectivity index (χ0) is 9.52. The second kappa shape index (κ2) is 6.42. The molecule has 1 aliphatic carbocycles. The van der Waals surface area contributed by atoms with Crippen molar-refractivity contribution in [1.82, 2.24) is 4.90 Å². The average Bonchev–Trinajstić information content (AvgIpc) is 2.21. The number of unbranched alkanes of at least 4 members (excludes halogenated alkanes) is 1. The summed E-state index contributed by atoms with van der Waals surface area (Å²) in [6.07, 6.45) is 9.81. The van der Waals surface area contributed by atoms with E-state index >= 15 is 0 Å². The van der Waals surface area contributed by atoms with Crippen LogP contribution in [-0.4, -0.2) is 24.0 Å². The predicted molar refractivity (Wildman–Crippen MR) is 58.7 cm³/mol. The molecule has 1 radical (unpaired) electrons. The molecule has 0 atom stereocenters. The van der Waals surface area contributed by atoms with Crippen molar-refractivity contribution < 1.29 is 0 Å². The van der Waals surface area contributed by atoms with Crippen molar-refractivity contribution in [3.8, 4) is 0 Å². The van der Waals surface area contributed by atoms with Crippen molar-refractivity contribution in [2.45, 2.75) is 57.9 Å². The van der Waals surface area contributed by atoms with Gasteiger partial charge in [-0.25, -0.2) is 0 Å². The third-order valence-corrected chi connectivity index (χ3v) is 3.18. The molecule has 1 nitrogen and oxygen atoms in total. The fraction of sp³-hybridized carbons (Fsp3) is 0.917. The fourth-order valence-corrected chi connectivity index (χ4v) is 2.28. The molecule has 13 heavy (non-hydrogen) atoms. The molecule has 1 rings (SSSR count). The normalized spacial score (nSPS) is 19.6. The lowest BCUT2D eigenvalue weighted by atomic mass is 9.94. The van der Waals surface area contributed by atoms with E-state index in [4.69, 9.17) is 0 Å². The molecule has 77 valence electrons. The molecule has 0 aromatic rings. The Labute approximate surface area is 83.5 Å². The first-order valence-corrected chi connectivity index (χ1v) is 5.91. The highest BCUT2D eigenvalue weighted by Gasteiger charge is 2.18. The van der Waals surface area contributed by atoms with Crippen LogP contribution in [0.3, 0.4) is 0 Å². The van der Waals surface area contributed by atoms with Gasteiger partial charge in [-0.1, -0.05) is 32.6 Å². The molecule has 0 amide bonds. The SMILES string of the molecule is [CH2]CN(CCCC)C1CCCCC1. The molecule has 0 unspecified atom stereocenters. The van der Waals surface area contributed by atoms with Gasteiger partial charge in [-0.2, -0.15) is 0 Å². The van der Waals surface area contributed by atoms with Gasteiger partial charge in [-0.15, -0.1) is 0 Å². The summed E-state index contributed by atoms with van der Waals surface area (Å²) in [5.74, 6) is 0. The summed E-state index contributed by atoms with van der Waals surface area (Å²) in [5.41, 5.74) is 0. The maximum atomic E-state index is 4.04. The Morgan fingerprint density at radius 1 is 1.23 bits per heavy atom. The standard InChI is InChI=1S/C12H24N/c1-3-5-11-13(4-2)12-9-7-6-8-10-12/h12H,2-11H2,1H3. The summed E-state index contributed by atoms with van der Waals surface area (Å²) >= 11 is 0. The second-order valence-electron chi connectivity index (χ2n) is 4.18. The minimum absolute atomic E-state index is 0.859. The predicted octanol–water partition coefficient (Wildman–Crippen LogP) is 3.26. The van der Waals surface area contributed by atoms with Gasteiger partial charge >= 0.3 is 0 Å². The first-order valence-electron chi connectivity index (χ1n) is 5.91. The number of hydrogen-bond donors (Lipinski definition) is 0. The number of hydrogen-bond acceptors (Lipinski definition) is 1. The lowest BCUT2D eigenvalue weighted by Crippen LogP contribution is -2.37. The van der Waals surface area contributed by atoms with E-state index in [2.05, 4.69) is 18.7 Å². The smallest absolute Gasteiger partial charge is 0.00952 e. The molecule has 1 fully saturated rings. The summed E-state index contributed by atoms with van der Waals surface area (Å²) in [4.78, 5) is 2.59. The van der Waals surface area contributed by atoms with Gasteiger partial charge in [-0.05, 0) is 39.3 Å². The Balaban J connectivity index is 2.26. The largest absolute Gasteiger partial charge is 0.300 e. The van der Waals surface area contributed by atoms with E-state index in [1.807, 2.05) is 0 Å². The summed E-state index contributed by atoms with van der Waals surface area (Å²) in [5, 5.41) is 0. The third-order valence-electron chi connectivity index (χ3n) is 3.18. The Kier molecular flexibility index (Phi) is 5.45. The first-order chi connectivity index (χ1) is 6.38. The summed E-state index contributed by atoms with van der Waals surface area (Å²) in [6.45, 7) is 8.58. The van der Waals surface area contributed by atoms with Crippen LogP contribution in [0.5, 0.6) is 0 Å². The molecular weight excluding hydrogens is 158 g/mol. The molecule has 0 aromatic carbocycles. The molecule has 1 heteroatoms. The highest BCUT2D eigenvalue weighted by molar-refractivity contribution is 4.76. The molecule has 0 N–H and O–H groups in total. The van der Waals surface area contributed by atoms with E-state index in [0.717, 1.165) is 12.6 Å². The van der Waals surface area contributed by atoms with Gasteiger partial charge in [0.25, 0.3) is 0 Å². The van der Waals surface area contributed by atoms with Crippen LogP contribution in [0.4, 0.5) is 0 Å². The van der Waals surface area contributed by atoms with E-state index in [9.17, 15) is 0 Å². The average molecular weight is 182 g/mol. The van der Waals surface area contributed by atoms with Crippen molar-refractivity contribution in [3.05, 3.63) is 6.92 Å². The Morgan fingerprint density at radius 2 is 1.92 bits per heavy atom. The molecule has 0 aromatic heterocycles. The van der Waals surface area contributed by atoms with E-state index < -0.39 is 0 Å². The molecule has 0 heterocycles. The molecule has 0 saturated heterocycles. The van der Waals surface area contributed by atoms with Crippen molar-refractivity contribution >= 4 is 0 Å². The minimum atomic E-state index is 0.859.